The van der Waals surface area contributed by atoms with E-state index in [0.29, 0.717) is 0 Å². The Hall–Kier alpha value is -0.260. The van der Waals surface area contributed by atoms with E-state index in [-0.39, 0.29) is 0 Å². The topological polar surface area (TPSA) is 0 Å². The van der Waals surface area contributed by atoms with Crippen LogP contribution in [0.4, 0.5) is 0 Å². The number of hydrogen-bond acceptors (Lipinski definition) is 0. The minimum atomic E-state index is 0.977. The van der Waals surface area contributed by atoms with Gasteiger partial charge in [-0.25, -0.2) is 0 Å². The second kappa shape index (κ2) is 5.58. The van der Waals surface area contributed by atoms with Gasteiger partial charge in [-0.15, -0.1) is 0 Å². The highest BCUT2D eigenvalue weighted by molar-refractivity contribution is 5.15. The van der Waals surface area contributed by atoms with Gasteiger partial charge in [0.25, 0.3) is 0 Å². The summed E-state index contributed by atoms with van der Waals surface area (Å²) in [5.74, 6) is 1.97. The quantitative estimate of drug-likeness (QED) is 0.555. The van der Waals surface area contributed by atoms with Crippen LogP contribution in [0.5, 0.6) is 0 Å². The second-order valence-electron chi connectivity index (χ2n) is 5.04. The van der Waals surface area contributed by atoms with Gasteiger partial charge in [-0.05, 0) is 44.9 Å². The Labute approximate surface area is 89.8 Å². The standard InChI is InChI=1S/C14H26/c1-5-7-8-14-10-12(4)11(3)9-13(14)6-2/h13-14H,5-10H2,1-4H3. The monoisotopic (exact) mass is 194 g/mol. The molecule has 0 heterocycles. The lowest BCUT2D eigenvalue weighted by Gasteiger charge is -2.32. The van der Waals surface area contributed by atoms with Gasteiger partial charge in [0.05, 0.1) is 0 Å². The predicted molar refractivity (Wildman–Crippen MR) is 64.4 cm³/mol. The van der Waals surface area contributed by atoms with Gasteiger partial charge in [0.15, 0.2) is 0 Å². The molecule has 0 spiro atoms. The van der Waals surface area contributed by atoms with Crippen LogP contribution in [0.15, 0.2) is 11.1 Å². The summed E-state index contributed by atoms with van der Waals surface area (Å²) in [6, 6.07) is 0. The van der Waals surface area contributed by atoms with Crippen molar-refractivity contribution in [2.24, 2.45) is 11.8 Å². The number of unbranched alkanes of at least 4 members (excludes halogenated alkanes) is 1. The fraction of sp³-hybridized carbons (Fsp3) is 0.857. The summed E-state index contributed by atoms with van der Waals surface area (Å²) in [6.07, 6.45) is 8.36. The average Bonchev–Trinajstić information content (AvgIpc) is 2.19. The zero-order valence-corrected chi connectivity index (χ0v) is 10.4. The molecule has 82 valence electrons. The third kappa shape index (κ3) is 2.87. The molecule has 1 aliphatic carbocycles. The maximum Gasteiger partial charge on any atom is -0.0289 e. The van der Waals surface area contributed by atoms with Crippen LogP contribution in [0, 0.1) is 11.8 Å². The summed E-state index contributed by atoms with van der Waals surface area (Å²) >= 11 is 0. The molecule has 0 fully saturated rings. The van der Waals surface area contributed by atoms with Crippen LogP contribution in [0.2, 0.25) is 0 Å². The first-order valence-corrected chi connectivity index (χ1v) is 6.34. The van der Waals surface area contributed by atoms with Crippen molar-refractivity contribution in [2.75, 3.05) is 0 Å². The highest BCUT2D eigenvalue weighted by Gasteiger charge is 2.24. The molecule has 1 aliphatic rings. The molecule has 0 aromatic rings. The maximum absolute atomic E-state index is 2.36. The highest BCUT2D eigenvalue weighted by Crippen LogP contribution is 2.38. The molecule has 2 atom stereocenters. The molecule has 0 amide bonds. The van der Waals surface area contributed by atoms with Crippen molar-refractivity contribution in [1.29, 1.82) is 0 Å². The second-order valence-corrected chi connectivity index (χ2v) is 5.04. The fourth-order valence-corrected chi connectivity index (χ4v) is 2.75. The van der Waals surface area contributed by atoms with Crippen molar-refractivity contribution in [1.82, 2.24) is 0 Å². The van der Waals surface area contributed by atoms with Gasteiger partial charge in [-0.3, -0.25) is 0 Å². The molecule has 0 aromatic heterocycles. The maximum atomic E-state index is 2.36. The molecule has 0 nitrogen and oxygen atoms in total. The Morgan fingerprint density at radius 1 is 1.00 bits per heavy atom. The predicted octanol–water partition coefficient (Wildman–Crippen LogP) is 4.95. The van der Waals surface area contributed by atoms with E-state index in [4.69, 9.17) is 0 Å². The summed E-state index contributed by atoms with van der Waals surface area (Å²) in [5, 5.41) is 0. The zero-order chi connectivity index (χ0) is 10.6. The minimum Gasteiger partial charge on any atom is -0.0741 e. The molecule has 0 saturated heterocycles. The number of allylic oxidation sites excluding steroid dienone is 2. The van der Waals surface area contributed by atoms with Gasteiger partial charge in [0, 0.05) is 0 Å². The van der Waals surface area contributed by atoms with Crippen LogP contribution in [-0.2, 0) is 0 Å². The Morgan fingerprint density at radius 2 is 1.57 bits per heavy atom. The lowest BCUT2D eigenvalue weighted by Crippen LogP contribution is -2.20. The zero-order valence-electron chi connectivity index (χ0n) is 10.4. The molecule has 0 radical (unpaired) electrons. The van der Waals surface area contributed by atoms with Crippen molar-refractivity contribution in [3.63, 3.8) is 0 Å². The molecule has 0 aliphatic heterocycles. The smallest absolute Gasteiger partial charge is 0.0289 e. The molecule has 0 saturated carbocycles. The van der Waals surface area contributed by atoms with Gasteiger partial charge in [-0.2, -0.15) is 0 Å². The van der Waals surface area contributed by atoms with E-state index in [1.807, 2.05) is 0 Å². The SMILES string of the molecule is CCCCC1CC(C)=C(C)CC1CC. The number of hydrogen-bond donors (Lipinski definition) is 0. The molecule has 0 bridgehead atoms. The Bertz CT molecular complexity index is 200. The van der Waals surface area contributed by atoms with Gasteiger partial charge in [-0.1, -0.05) is 44.3 Å². The third-order valence-electron chi connectivity index (χ3n) is 3.98. The number of rotatable bonds is 4. The van der Waals surface area contributed by atoms with Crippen LogP contribution in [0.1, 0.15) is 66.2 Å². The largest absolute Gasteiger partial charge is 0.0741 e. The van der Waals surface area contributed by atoms with Gasteiger partial charge in [0.2, 0.25) is 0 Å². The van der Waals surface area contributed by atoms with E-state index < -0.39 is 0 Å². The Morgan fingerprint density at radius 3 is 2.07 bits per heavy atom. The fourth-order valence-electron chi connectivity index (χ4n) is 2.75. The van der Waals surface area contributed by atoms with Crippen LogP contribution in [0.25, 0.3) is 0 Å². The van der Waals surface area contributed by atoms with Crippen molar-refractivity contribution in [2.45, 2.75) is 66.2 Å². The first-order chi connectivity index (χ1) is 6.69. The summed E-state index contributed by atoms with van der Waals surface area (Å²) < 4.78 is 0. The van der Waals surface area contributed by atoms with Gasteiger partial charge >= 0.3 is 0 Å². The molecular formula is C14H26. The van der Waals surface area contributed by atoms with Crippen LogP contribution in [0.3, 0.4) is 0 Å². The minimum absolute atomic E-state index is 0.977. The van der Waals surface area contributed by atoms with Crippen molar-refractivity contribution in [3.05, 3.63) is 11.1 Å². The van der Waals surface area contributed by atoms with Crippen molar-refractivity contribution < 1.29 is 0 Å². The van der Waals surface area contributed by atoms with Crippen LogP contribution < -0.4 is 0 Å². The summed E-state index contributed by atoms with van der Waals surface area (Å²) in [4.78, 5) is 0. The van der Waals surface area contributed by atoms with E-state index in [1.54, 1.807) is 11.1 Å². The van der Waals surface area contributed by atoms with Gasteiger partial charge in [0.1, 0.15) is 0 Å². The lowest BCUT2D eigenvalue weighted by molar-refractivity contribution is 0.275. The van der Waals surface area contributed by atoms with Crippen LogP contribution >= 0.6 is 0 Å². The average molecular weight is 194 g/mol. The third-order valence-corrected chi connectivity index (χ3v) is 3.98. The van der Waals surface area contributed by atoms with Gasteiger partial charge < -0.3 is 0 Å². The molecule has 0 heteroatoms. The molecule has 14 heavy (non-hydrogen) atoms. The summed E-state index contributed by atoms with van der Waals surface area (Å²) in [6.45, 7) is 9.32. The van der Waals surface area contributed by atoms with E-state index in [1.165, 1.54) is 38.5 Å². The lowest BCUT2D eigenvalue weighted by atomic mass is 9.73. The first kappa shape index (κ1) is 11.8. The first-order valence-electron chi connectivity index (χ1n) is 6.34. The van der Waals surface area contributed by atoms with E-state index in [0.717, 1.165) is 11.8 Å². The molecular weight excluding hydrogens is 168 g/mol. The van der Waals surface area contributed by atoms with E-state index >= 15 is 0 Å². The molecule has 2 unspecified atom stereocenters. The Balaban J connectivity index is 2.56. The Kier molecular flexibility index (Phi) is 4.71. The van der Waals surface area contributed by atoms with E-state index in [2.05, 4.69) is 27.7 Å². The summed E-state index contributed by atoms with van der Waals surface area (Å²) in [5.41, 5.74) is 3.35. The summed E-state index contributed by atoms with van der Waals surface area (Å²) in [7, 11) is 0. The van der Waals surface area contributed by atoms with Crippen molar-refractivity contribution >= 4 is 0 Å². The van der Waals surface area contributed by atoms with Crippen molar-refractivity contribution in [3.8, 4) is 0 Å². The normalized spacial score (nSPS) is 28.3. The highest BCUT2D eigenvalue weighted by atomic mass is 14.3. The van der Waals surface area contributed by atoms with Crippen LogP contribution in [-0.4, -0.2) is 0 Å². The van der Waals surface area contributed by atoms with E-state index in [9.17, 15) is 0 Å². The molecule has 0 aromatic carbocycles. The molecule has 0 N–H and O–H groups in total. The molecule has 1 rings (SSSR count).